The number of rotatable bonds is 4. The van der Waals surface area contributed by atoms with Crippen molar-refractivity contribution >= 4 is 27.5 Å². The lowest BCUT2D eigenvalue weighted by Crippen LogP contribution is -2.18. The molecular formula is C14H15BrN4O. The van der Waals surface area contributed by atoms with E-state index in [2.05, 4.69) is 31.4 Å². The van der Waals surface area contributed by atoms with Gasteiger partial charge in [0.1, 0.15) is 5.69 Å². The molecule has 0 bridgehead atoms. The van der Waals surface area contributed by atoms with E-state index in [9.17, 15) is 0 Å². The number of anilines is 1. The number of nitrogens with two attached hydrogens (primary N) is 1. The normalized spacial score (nSPS) is 11.4. The van der Waals surface area contributed by atoms with E-state index in [0.717, 1.165) is 15.7 Å². The van der Waals surface area contributed by atoms with Gasteiger partial charge in [-0.15, -0.1) is 0 Å². The van der Waals surface area contributed by atoms with Crippen LogP contribution in [0.2, 0.25) is 0 Å². The van der Waals surface area contributed by atoms with Gasteiger partial charge in [-0.1, -0.05) is 17.3 Å². The quantitative estimate of drug-likeness (QED) is 0.347. The van der Waals surface area contributed by atoms with Gasteiger partial charge < -0.3 is 16.3 Å². The summed E-state index contributed by atoms with van der Waals surface area (Å²) in [6.07, 6.45) is 1.61. The zero-order valence-corrected chi connectivity index (χ0v) is 12.6. The second kappa shape index (κ2) is 6.38. The third-order valence-corrected chi connectivity index (χ3v) is 3.49. The minimum atomic E-state index is 0.00497. The van der Waals surface area contributed by atoms with Crippen LogP contribution < -0.4 is 11.1 Å². The molecule has 0 fully saturated rings. The second-order valence-corrected chi connectivity index (χ2v) is 5.19. The van der Waals surface area contributed by atoms with Gasteiger partial charge in [0.25, 0.3) is 0 Å². The fourth-order valence-corrected chi connectivity index (χ4v) is 2.45. The third-order valence-electron chi connectivity index (χ3n) is 2.84. The number of aromatic nitrogens is 1. The number of nitrogens with one attached hydrogen (secondary N) is 1. The zero-order chi connectivity index (χ0) is 14.5. The summed E-state index contributed by atoms with van der Waals surface area (Å²) in [4.78, 5) is 4.13. The predicted octanol–water partition coefficient (Wildman–Crippen LogP) is 2.86. The van der Waals surface area contributed by atoms with Crippen molar-refractivity contribution in [1.29, 1.82) is 0 Å². The zero-order valence-electron chi connectivity index (χ0n) is 11.0. The van der Waals surface area contributed by atoms with Gasteiger partial charge in [0.05, 0.1) is 0 Å². The molecule has 1 aromatic carbocycles. The fourth-order valence-electron chi connectivity index (χ4n) is 1.81. The Bertz CT molecular complexity index is 643. The molecule has 1 heterocycles. The van der Waals surface area contributed by atoms with Crippen LogP contribution in [-0.4, -0.2) is 16.0 Å². The number of nitrogens with zero attached hydrogens (tertiary/aromatic N) is 2. The van der Waals surface area contributed by atoms with Crippen molar-refractivity contribution in [3.8, 4) is 0 Å². The van der Waals surface area contributed by atoms with E-state index in [1.54, 1.807) is 6.20 Å². The maximum Gasteiger partial charge on any atom is 0.189 e. The van der Waals surface area contributed by atoms with Gasteiger partial charge in [0, 0.05) is 28.5 Å². The Hall–Kier alpha value is -2.08. The van der Waals surface area contributed by atoms with Crippen molar-refractivity contribution in [1.82, 2.24) is 4.98 Å². The Balaban J connectivity index is 2.19. The average Bonchev–Trinajstić information content (AvgIpc) is 2.46. The summed E-state index contributed by atoms with van der Waals surface area (Å²) in [5, 5.41) is 15.1. The van der Waals surface area contributed by atoms with Gasteiger partial charge in [0.2, 0.25) is 0 Å². The SMILES string of the molecule is Cc1ccc(NCc2cccnc2C(N)=NO)c(Br)c1. The maximum atomic E-state index is 8.77. The highest BCUT2D eigenvalue weighted by Gasteiger charge is 2.08. The van der Waals surface area contributed by atoms with E-state index in [1.807, 2.05) is 37.3 Å². The van der Waals surface area contributed by atoms with Crippen LogP contribution in [0.15, 0.2) is 46.2 Å². The number of oxime groups is 1. The minimum absolute atomic E-state index is 0.00497. The number of amidine groups is 1. The van der Waals surface area contributed by atoms with Gasteiger partial charge in [-0.3, -0.25) is 4.98 Å². The molecule has 0 unspecified atom stereocenters. The highest BCUT2D eigenvalue weighted by molar-refractivity contribution is 9.10. The van der Waals surface area contributed by atoms with Crippen LogP contribution in [0.4, 0.5) is 5.69 Å². The number of aryl methyl sites for hydroxylation is 1. The van der Waals surface area contributed by atoms with Crippen molar-refractivity contribution in [2.45, 2.75) is 13.5 Å². The Labute approximate surface area is 125 Å². The Morgan fingerprint density at radius 2 is 2.25 bits per heavy atom. The molecule has 6 heteroatoms. The number of hydrogen-bond donors (Lipinski definition) is 3. The fraction of sp³-hybridized carbons (Fsp3) is 0.143. The van der Waals surface area contributed by atoms with Crippen LogP contribution in [0.5, 0.6) is 0 Å². The first-order valence-electron chi connectivity index (χ1n) is 6.03. The van der Waals surface area contributed by atoms with Crippen molar-refractivity contribution < 1.29 is 5.21 Å². The Morgan fingerprint density at radius 1 is 1.45 bits per heavy atom. The van der Waals surface area contributed by atoms with E-state index >= 15 is 0 Å². The van der Waals surface area contributed by atoms with Crippen LogP contribution >= 0.6 is 15.9 Å². The van der Waals surface area contributed by atoms with Crippen molar-refractivity contribution in [2.75, 3.05) is 5.32 Å². The number of hydrogen-bond acceptors (Lipinski definition) is 4. The molecule has 0 saturated carbocycles. The smallest absolute Gasteiger partial charge is 0.189 e. The van der Waals surface area contributed by atoms with E-state index < -0.39 is 0 Å². The Kier molecular flexibility index (Phi) is 4.57. The van der Waals surface area contributed by atoms with Crippen molar-refractivity contribution in [2.24, 2.45) is 10.9 Å². The summed E-state index contributed by atoms with van der Waals surface area (Å²) in [5.74, 6) is 0.00497. The monoisotopic (exact) mass is 334 g/mol. The highest BCUT2D eigenvalue weighted by Crippen LogP contribution is 2.24. The number of benzene rings is 1. The first kappa shape index (κ1) is 14.3. The lowest BCUT2D eigenvalue weighted by molar-refractivity contribution is 0.318. The summed E-state index contributed by atoms with van der Waals surface area (Å²) in [5.41, 5.74) is 9.11. The van der Waals surface area contributed by atoms with E-state index in [-0.39, 0.29) is 5.84 Å². The molecule has 0 aliphatic carbocycles. The molecule has 1 aromatic heterocycles. The third kappa shape index (κ3) is 3.27. The molecule has 4 N–H and O–H groups in total. The molecule has 0 radical (unpaired) electrons. The number of pyridine rings is 1. The van der Waals surface area contributed by atoms with Gasteiger partial charge in [-0.2, -0.15) is 0 Å². The summed E-state index contributed by atoms with van der Waals surface area (Å²) < 4.78 is 0.992. The van der Waals surface area contributed by atoms with E-state index in [0.29, 0.717) is 12.2 Å². The largest absolute Gasteiger partial charge is 0.409 e. The average molecular weight is 335 g/mol. The standard InChI is InChI=1S/C14H15BrN4O/c1-9-4-5-12(11(15)7-9)18-8-10-3-2-6-17-13(10)14(16)19-20/h2-7,18,20H,8H2,1H3,(H2,16,19). The molecule has 5 nitrogen and oxygen atoms in total. The summed E-state index contributed by atoms with van der Waals surface area (Å²) >= 11 is 3.52. The van der Waals surface area contributed by atoms with Gasteiger partial charge in [-0.25, -0.2) is 0 Å². The number of halogens is 1. The van der Waals surface area contributed by atoms with Gasteiger partial charge >= 0.3 is 0 Å². The van der Waals surface area contributed by atoms with Crippen LogP contribution in [0.3, 0.4) is 0 Å². The molecule has 0 saturated heterocycles. The molecule has 0 aliphatic rings. The first-order chi connectivity index (χ1) is 9.61. The maximum absolute atomic E-state index is 8.77. The highest BCUT2D eigenvalue weighted by atomic mass is 79.9. The van der Waals surface area contributed by atoms with Crippen LogP contribution in [0.1, 0.15) is 16.8 Å². The first-order valence-corrected chi connectivity index (χ1v) is 6.83. The lowest BCUT2D eigenvalue weighted by Gasteiger charge is -2.11. The molecule has 0 amide bonds. The predicted molar refractivity (Wildman–Crippen MR) is 83.0 cm³/mol. The molecule has 0 atom stereocenters. The summed E-state index contributed by atoms with van der Waals surface area (Å²) in [7, 11) is 0. The van der Waals surface area contributed by atoms with E-state index in [1.165, 1.54) is 5.56 Å². The topological polar surface area (TPSA) is 83.5 Å². The van der Waals surface area contributed by atoms with Crippen molar-refractivity contribution in [3.05, 3.63) is 57.8 Å². The second-order valence-electron chi connectivity index (χ2n) is 4.33. The van der Waals surface area contributed by atoms with Crippen molar-refractivity contribution in [3.63, 3.8) is 0 Å². The van der Waals surface area contributed by atoms with Crippen LogP contribution in [0, 0.1) is 6.92 Å². The molecule has 0 spiro atoms. The summed E-state index contributed by atoms with van der Waals surface area (Å²) in [6.45, 7) is 2.56. The molecule has 2 rings (SSSR count). The van der Waals surface area contributed by atoms with E-state index in [4.69, 9.17) is 10.9 Å². The Morgan fingerprint density at radius 3 is 2.95 bits per heavy atom. The molecule has 104 valence electrons. The molecule has 2 aromatic rings. The minimum Gasteiger partial charge on any atom is -0.409 e. The van der Waals surface area contributed by atoms with Crippen LogP contribution in [0.25, 0.3) is 0 Å². The van der Waals surface area contributed by atoms with Crippen LogP contribution in [-0.2, 0) is 6.54 Å². The molecular weight excluding hydrogens is 320 g/mol. The van der Waals surface area contributed by atoms with Gasteiger partial charge in [-0.05, 0) is 46.6 Å². The summed E-state index contributed by atoms with van der Waals surface area (Å²) in [6, 6.07) is 9.76. The molecule has 20 heavy (non-hydrogen) atoms. The lowest BCUT2D eigenvalue weighted by atomic mass is 10.1. The molecule has 0 aliphatic heterocycles. The van der Waals surface area contributed by atoms with Gasteiger partial charge in [0.15, 0.2) is 5.84 Å².